The highest BCUT2D eigenvalue weighted by Crippen LogP contribution is 2.45. The number of hydrogen-bond donors (Lipinski definition) is 1. The van der Waals surface area contributed by atoms with Crippen molar-refractivity contribution in [2.45, 2.75) is 44.2 Å². The van der Waals surface area contributed by atoms with E-state index >= 15 is 0 Å². The Hall–Kier alpha value is -0.570. The molecular formula is C9H16N2O. The van der Waals surface area contributed by atoms with Crippen molar-refractivity contribution in [2.24, 2.45) is 5.73 Å². The minimum Gasteiger partial charge on any atom is -0.333 e. The summed E-state index contributed by atoms with van der Waals surface area (Å²) in [4.78, 5) is 13.4. The van der Waals surface area contributed by atoms with Crippen molar-refractivity contribution < 1.29 is 4.79 Å². The summed E-state index contributed by atoms with van der Waals surface area (Å²) in [5, 5.41) is 0. The Balaban J connectivity index is 2.27. The van der Waals surface area contributed by atoms with Crippen molar-refractivity contribution in [3.8, 4) is 0 Å². The number of nitrogens with two attached hydrogens (primary N) is 1. The first kappa shape index (κ1) is 8.05. The second-order valence-electron chi connectivity index (χ2n) is 4.05. The fourth-order valence-electron chi connectivity index (χ4n) is 2.92. The van der Waals surface area contributed by atoms with E-state index in [1.165, 1.54) is 0 Å². The lowest BCUT2D eigenvalue weighted by Crippen LogP contribution is -2.49. The molecule has 0 aromatic rings. The van der Waals surface area contributed by atoms with E-state index < -0.39 is 0 Å². The molecule has 2 fully saturated rings. The number of carbonyl (C=O) groups is 1. The van der Waals surface area contributed by atoms with Gasteiger partial charge in [-0.1, -0.05) is 0 Å². The summed E-state index contributed by atoms with van der Waals surface area (Å²) in [6, 6.07) is 0.506. The van der Waals surface area contributed by atoms with E-state index in [9.17, 15) is 4.79 Å². The molecular weight excluding hydrogens is 152 g/mol. The average Bonchev–Trinajstić information content (AvgIpc) is 2.58. The molecule has 0 saturated carbocycles. The standard InChI is InChI=1S/C9H16N2O/c1-7(12)11-8-2-4-9(11,6-10)5-3-8/h8H,2-6,10H2,1H3. The molecule has 2 aliphatic heterocycles. The molecule has 12 heavy (non-hydrogen) atoms. The molecule has 0 spiro atoms. The molecule has 3 nitrogen and oxygen atoms in total. The Morgan fingerprint density at radius 2 is 2.17 bits per heavy atom. The highest BCUT2D eigenvalue weighted by molar-refractivity contribution is 5.75. The zero-order valence-corrected chi connectivity index (χ0v) is 7.55. The first-order chi connectivity index (χ1) is 5.69. The van der Waals surface area contributed by atoms with Crippen molar-refractivity contribution in [1.29, 1.82) is 0 Å². The third-order valence-electron chi connectivity index (χ3n) is 3.48. The lowest BCUT2D eigenvalue weighted by atomic mass is 9.88. The quantitative estimate of drug-likeness (QED) is 0.619. The van der Waals surface area contributed by atoms with E-state index in [4.69, 9.17) is 5.73 Å². The zero-order valence-electron chi connectivity index (χ0n) is 7.55. The van der Waals surface area contributed by atoms with Crippen LogP contribution >= 0.6 is 0 Å². The van der Waals surface area contributed by atoms with Crippen LogP contribution in [0.4, 0.5) is 0 Å². The van der Waals surface area contributed by atoms with Crippen molar-refractivity contribution >= 4 is 5.91 Å². The van der Waals surface area contributed by atoms with Gasteiger partial charge >= 0.3 is 0 Å². The maximum atomic E-state index is 11.3. The van der Waals surface area contributed by atoms with Crippen LogP contribution in [0.15, 0.2) is 0 Å². The molecule has 2 bridgehead atoms. The maximum absolute atomic E-state index is 11.3. The predicted octanol–water partition coefficient (Wildman–Crippen LogP) is 0.489. The second-order valence-corrected chi connectivity index (χ2v) is 4.05. The van der Waals surface area contributed by atoms with Crippen molar-refractivity contribution in [3.05, 3.63) is 0 Å². The van der Waals surface area contributed by atoms with Gasteiger partial charge in [-0.05, 0) is 25.7 Å². The summed E-state index contributed by atoms with van der Waals surface area (Å²) < 4.78 is 0. The lowest BCUT2D eigenvalue weighted by molar-refractivity contribution is -0.132. The smallest absolute Gasteiger partial charge is 0.220 e. The van der Waals surface area contributed by atoms with Crippen LogP contribution in [0.5, 0.6) is 0 Å². The average molecular weight is 168 g/mol. The number of nitrogens with zero attached hydrogens (tertiary/aromatic N) is 1. The minimum atomic E-state index is 0.0521. The van der Waals surface area contributed by atoms with Crippen molar-refractivity contribution in [3.63, 3.8) is 0 Å². The van der Waals surface area contributed by atoms with E-state index in [0.29, 0.717) is 12.6 Å². The van der Waals surface area contributed by atoms with Crippen LogP contribution in [0, 0.1) is 0 Å². The Labute approximate surface area is 72.9 Å². The Morgan fingerprint density at radius 3 is 2.50 bits per heavy atom. The van der Waals surface area contributed by atoms with Crippen LogP contribution in [0.25, 0.3) is 0 Å². The van der Waals surface area contributed by atoms with Gasteiger partial charge < -0.3 is 10.6 Å². The van der Waals surface area contributed by atoms with Crippen molar-refractivity contribution in [1.82, 2.24) is 4.90 Å². The van der Waals surface area contributed by atoms with E-state index in [0.717, 1.165) is 25.7 Å². The van der Waals surface area contributed by atoms with Gasteiger partial charge in [-0.2, -0.15) is 0 Å². The Bertz CT molecular complexity index is 207. The third kappa shape index (κ3) is 0.829. The summed E-state index contributed by atoms with van der Waals surface area (Å²) in [5.41, 5.74) is 5.79. The molecule has 0 aliphatic carbocycles. The van der Waals surface area contributed by atoms with Gasteiger partial charge in [0.1, 0.15) is 0 Å². The number of carbonyl (C=O) groups excluding carboxylic acids is 1. The van der Waals surface area contributed by atoms with Crippen LogP contribution in [0.1, 0.15) is 32.6 Å². The maximum Gasteiger partial charge on any atom is 0.220 e. The van der Waals surface area contributed by atoms with Crippen LogP contribution in [-0.4, -0.2) is 28.9 Å². The fraction of sp³-hybridized carbons (Fsp3) is 0.889. The van der Waals surface area contributed by atoms with Gasteiger partial charge in [0.2, 0.25) is 5.91 Å². The highest BCUT2D eigenvalue weighted by atomic mass is 16.2. The van der Waals surface area contributed by atoms with Crippen LogP contribution in [0.2, 0.25) is 0 Å². The van der Waals surface area contributed by atoms with Gasteiger partial charge in [-0.15, -0.1) is 0 Å². The summed E-state index contributed by atoms with van der Waals surface area (Å²) >= 11 is 0. The number of rotatable bonds is 1. The molecule has 2 aliphatic rings. The monoisotopic (exact) mass is 168 g/mol. The van der Waals surface area contributed by atoms with Crippen molar-refractivity contribution in [2.75, 3.05) is 6.54 Å². The summed E-state index contributed by atoms with van der Waals surface area (Å²) in [7, 11) is 0. The first-order valence-corrected chi connectivity index (χ1v) is 4.69. The SMILES string of the molecule is CC(=O)N1C2CCC1(CN)CC2. The molecule has 68 valence electrons. The molecule has 2 N–H and O–H groups in total. The fourth-order valence-corrected chi connectivity index (χ4v) is 2.92. The van der Waals surface area contributed by atoms with Gasteiger partial charge in [-0.25, -0.2) is 0 Å². The van der Waals surface area contributed by atoms with Crippen LogP contribution < -0.4 is 5.73 Å². The molecule has 1 amide bonds. The van der Waals surface area contributed by atoms with Gasteiger partial charge in [0.15, 0.2) is 0 Å². The molecule has 2 saturated heterocycles. The molecule has 0 aromatic heterocycles. The zero-order chi connectivity index (χ0) is 8.77. The topological polar surface area (TPSA) is 46.3 Å². The number of fused-ring (bicyclic) bond motifs is 2. The molecule has 3 heteroatoms. The second kappa shape index (κ2) is 2.46. The van der Waals surface area contributed by atoms with Gasteiger partial charge in [0.25, 0.3) is 0 Å². The summed E-state index contributed by atoms with van der Waals surface area (Å²) in [6.07, 6.45) is 4.56. The molecule has 2 heterocycles. The minimum absolute atomic E-state index is 0.0521. The molecule has 0 unspecified atom stereocenters. The van der Waals surface area contributed by atoms with E-state index in [1.54, 1.807) is 6.92 Å². The number of hydrogen-bond acceptors (Lipinski definition) is 2. The van der Waals surface area contributed by atoms with E-state index in [1.807, 2.05) is 4.90 Å². The number of amides is 1. The van der Waals surface area contributed by atoms with Gasteiger partial charge in [0.05, 0.1) is 5.54 Å². The molecule has 0 aromatic carbocycles. The lowest BCUT2D eigenvalue weighted by Gasteiger charge is -2.32. The third-order valence-corrected chi connectivity index (χ3v) is 3.48. The predicted molar refractivity (Wildman–Crippen MR) is 46.6 cm³/mol. The molecule has 0 radical (unpaired) electrons. The van der Waals surface area contributed by atoms with E-state index in [-0.39, 0.29) is 11.4 Å². The summed E-state index contributed by atoms with van der Waals surface area (Å²) in [5.74, 6) is 0.209. The Morgan fingerprint density at radius 1 is 1.58 bits per heavy atom. The van der Waals surface area contributed by atoms with Crippen LogP contribution in [0.3, 0.4) is 0 Å². The van der Waals surface area contributed by atoms with Gasteiger partial charge in [-0.3, -0.25) is 4.79 Å². The van der Waals surface area contributed by atoms with Crippen LogP contribution in [-0.2, 0) is 4.79 Å². The molecule has 0 atom stereocenters. The van der Waals surface area contributed by atoms with E-state index in [2.05, 4.69) is 0 Å². The summed E-state index contributed by atoms with van der Waals surface area (Å²) in [6.45, 7) is 2.30. The highest BCUT2D eigenvalue weighted by Gasteiger charge is 2.51. The largest absolute Gasteiger partial charge is 0.333 e. The normalized spacial score (nSPS) is 39.2. The first-order valence-electron chi connectivity index (χ1n) is 4.69. The Kier molecular flexibility index (Phi) is 1.65. The molecule has 2 rings (SSSR count). The van der Waals surface area contributed by atoms with Gasteiger partial charge in [0, 0.05) is 19.5 Å².